The largest absolute Gasteiger partial charge is 0.339 e. The summed E-state index contributed by atoms with van der Waals surface area (Å²) in [6.45, 7) is 2.79. The van der Waals surface area contributed by atoms with E-state index in [9.17, 15) is 9.18 Å². The van der Waals surface area contributed by atoms with E-state index in [0.29, 0.717) is 17.4 Å². The number of thioether (sulfide) groups is 1. The molecule has 29 heavy (non-hydrogen) atoms. The third kappa shape index (κ3) is 4.27. The molecule has 0 aliphatic heterocycles. The zero-order valence-corrected chi connectivity index (χ0v) is 17.2. The van der Waals surface area contributed by atoms with Crippen molar-refractivity contribution in [2.75, 3.05) is 12.3 Å². The van der Waals surface area contributed by atoms with E-state index < -0.39 is 0 Å². The van der Waals surface area contributed by atoms with E-state index in [0.717, 1.165) is 35.5 Å². The predicted molar refractivity (Wildman–Crippen MR) is 112 cm³/mol. The van der Waals surface area contributed by atoms with Gasteiger partial charge in [0.25, 0.3) is 0 Å². The summed E-state index contributed by atoms with van der Waals surface area (Å²) in [4.78, 5) is 23.6. The number of halogens is 1. The Labute approximate surface area is 173 Å². The Balaban J connectivity index is 1.51. The summed E-state index contributed by atoms with van der Waals surface area (Å²) in [7, 11) is 0. The molecule has 2 aromatic heterocycles. The molecule has 1 aromatic carbocycles. The molecule has 1 amide bonds. The Morgan fingerprint density at radius 2 is 1.97 bits per heavy atom. The number of carbonyl (C=O) groups is 1. The molecule has 2 heterocycles. The number of aromatic nitrogens is 4. The van der Waals surface area contributed by atoms with Crippen molar-refractivity contribution in [3.05, 3.63) is 42.6 Å². The van der Waals surface area contributed by atoms with Crippen LogP contribution in [0.3, 0.4) is 0 Å². The van der Waals surface area contributed by atoms with Crippen LogP contribution >= 0.6 is 11.8 Å². The molecular weight excluding hydrogens is 389 g/mol. The fourth-order valence-electron chi connectivity index (χ4n) is 3.95. The van der Waals surface area contributed by atoms with E-state index in [4.69, 9.17) is 0 Å². The number of nitrogens with zero attached hydrogens (tertiary/aromatic N) is 5. The van der Waals surface area contributed by atoms with Crippen LogP contribution in [0.1, 0.15) is 39.0 Å². The molecule has 6 nitrogen and oxygen atoms in total. The molecule has 3 aromatic rings. The van der Waals surface area contributed by atoms with Crippen molar-refractivity contribution in [2.45, 2.75) is 50.1 Å². The van der Waals surface area contributed by atoms with Gasteiger partial charge in [-0.15, -0.1) is 0 Å². The average molecular weight is 414 g/mol. The number of carbonyl (C=O) groups excluding carboxylic acids is 1. The van der Waals surface area contributed by atoms with Crippen LogP contribution in [-0.2, 0) is 4.79 Å². The quantitative estimate of drug-likeness (QED) is 0.447. The van der Waals surface area contributed by atoms with Crippen LogP contribution in [-0.4, -0.2) is 48.9 Å². The molecule has 1 fully saturated rings. The Morgan fingerprint density at radius 3 is 2.69 bits per heavy atom. The van der Waals surface area contributed by atoms with Gasteiger partial charge >= 0.3 is 0 Å². The van der Waals surface area contributed by atoms with E-state index in [-0.39, 0.29) is 11.7 Å². The highest BCUT2D eigenvalue weighted by Gasteiger charge is 2.24. The first-order valence-electron chi connectivity index (χ1n) is 10.0. The first-order chi connectivity index (χ1) is 14.2. The van der Waals surface area contributed by atoms with Crippen molar-refractivity contribution in [2.24, 2.45) is 0 Å². The van der Waals surface area contributed by atoms with Gasteiger partial charge in [-0.3, -0.25) is 4.79 Å². The third-order valence-electron chi connectivity index (χ3n) is 5.41. The highest BCUT2D eigenvalue weighted by molar-refractivity contribution is 8.00. The second-order valence-electron chi connectivity index (χ2n) is 7.21. The van der Waals surface area contributed by atoms with E-state index in [1.165, 1.54) is 49.5 Å². The summed E-state index contributed by atoms with van der Waals surface area (Å²) >= 11 is 1.42. The van der Waals surface area contributed by atoms with Crippen molar-refractivity contribution in [3.63, 3.8) is 0 Å². The maximum Gasteiger partial charge on any atom is 0.233 e. The monoisotopic (exact) mass is 413 g/mol. The first kappa shape index (κ1) is 19.8. The van der Waals surface area contributed by atoms with Crippen molar-refractivity contribution in [1.82, 2.24) is 24.6 Å². The summed E-state index contributed by atoms with van der Waals surface area (Å²) in [6.07, 6.45) is 9.07. The lowest BCUT2D eigenvalue weighted by molar-refractivity contribution is -0.131. The minimum atomic E-state index is -0.298. The Morgan fingerprint density at radius 1 is 1.21 bits per heavy atom. The zero-order chi connectivity index (χ0) is 20.2. The van der Waals surface area contributed by atoms with Gasteiger partial charge in [0.1, 0.15) is 17.2 Å². The standard InChI is InChI=1S/C21H24FN5OS/c1-2-26(16-6-4-3-5-7-16)19(28)13-29-21-18-12-25-27(20(18)23-14-24-21)17-10-8-15(22)9-11-17/h8-12,14,16H,2-7,13H2,1H3. The van der Waals surface area contributed by atoms with Gasteiger partial charge in [0, 0.05) is 12.6 Å². The maximum absolute atomic E-state index is 13.2. The fraction of sp³-hybridized carbons (Fsp3) is 0.429. The fourth-order valence-corrected chi connectivity index (χ4v) is 4.80. The minimum absolute atomic E-state index is 0.155. The highest BCUT2D eigenvalue weighted by Crippen LogP contribution is 2.28. The Hall–Kier alpha value is -2.48. The molecular formula is C21H24FN5OS. The lowest BCUT2D eigenvalue weighted by Gasteiger charge is -2.33. The number of amides is 1. The second-order valence-corrected chi connectivity index (χ2v) is 8.17. The summed E-state index contributed by atoms with van der Waals surface area (Å²) in [5, 5.41) is 5.91. The van der Waals surface area contributed by atoms with Crippen LogP contribution in [0.5, 0.6) is 0 Å². The van der Waals surface area contributed by atoms with Crippen LogP contribution in [0.15, 0.2) is 41.8 Å². The number of hydrogen-bond acceptors (Lipinski definition) is 5. The number of rotatable bonds is 6. The first-order valence-corrected chi connectivity index (χ1v) is 11.0. The van der Waals surface area contributed by atoms with Gasteiger partial charge in [-0.25, -0.2) is 19.0 Å². The SMILES string of the molecule is CCN(C(=O)CSc1ncnc2c1cnn2-c1ccc(F)cc1)C1CCCCC1. The van der Waals surface area contributed by atoms with Crippen molar-refractivity contribution in [1.29, 1.82) is 0 Å². The molecule has 0 N–H and O–H groups in total. The van der Waals surface area contributed by atoms with Gasteiger partial charge in [-0.05, 0) is 44.0 Å². The lowest BCUT2D eigenvalue weighted by Crippen LogP contribution is -2.42. The second kappa shape index (κ2) is 8.90. The van der Waals surface area contributed by atoms with E-state index in [2.05, 4.69) is 15.1 Å². The molecule has 0 radical (unpaired) electrons. The van der Waals surface area contributed by atoms with Gasteiger partial charge in [-0.1, -0.05) is 31.0 Å². The highest BCUT2D eigenvalue weighted by atomic mass is 32.2. The lowest BCUT2D eigenvalue weighted by atomic mass is 9.94. The van der Waals surface area contributed by atoms with Crippen LogP contribution in [0.2, 0.25) is 0 Å². The normalized spacial score (nSPS) is 15.0. The van der Waals surface area contributed by atoms with Crippen molar-refractivity contribution < 1.29 is 9.18 Å². The number of hydrogen-bond donors (Lipinski definition) is 0. The van der Waals surface area contributed by atoms with Gasteiger partial charge in [-0.2, -0.15) is 5.10 Å². The zero-order valence-electron chi connectivity index (χ0n) is 16.4. The molecule has 1 saturated carbocycles. The van der Waals surface area contributed by atoms with Crippen molar-refractivity contribution >= 4 is 28.7 Å². The predicted octanol–water partition coefficient (Wildman–Crippen LogP) is 4.23. The molecule has 0 atom stereocenters. The molecule has 8 heteroatoms. The van der Waals surface area contributed by atoms with Crippen LogP contribution < -0.4 is 0 Å². The molecule has 4 rings (SSSR count). The molecule has 152 valence electrons. The Kier molecular flexibility index (Phi) is 6.08. The maximum atomic E-state index is 13.2. The van der Waals surface area contributed by atoms with Gasteiger partial charge in [0.2, 0.25) is 5.91 Å². The van der Waals surface area contributed by atoms with Crippen molar-refractivity contribution in [3.8, 4) is 5.69 Å². The molecule has 1 aliphatic carbocycles. The van der Waals surface area contributed by atoms with E-state index in [1.54, 1.807) is 23.0 Å². The summed E-state index contributed by atoms with van der Waals surface area (Å²) < 4.78 is 14.9. The molecule has 1 aliphatic rings. The van der Waals surface area contributed by atoms with Crippen LogP contribution in [0.25, 0.3) is 16.7 Å². The van der Waals surface area contributed by atoms with Gasteiger partial charge in [0.05, 0.1) is 23.0 Å². The summed E-state index contributed by atoms with van der Waals surface area (Å²) in [5.41, 5.74) is 1.36. The van der Waals surface area contributed by atoms with E-state index >= 15 is 0 Å². The van der Waals surface area contributed by atoms with Crippen LogP contribution in [0, 0.1) is 5.82 Å². The minimum Gasteiger partial charge on any atom is -0.339 e. The number of fused-ring (bicyclic) bond motifs is 1. The molecule has 0 unspecified atom stereocenters. The third-order valence-corrected chi connectivity index (χ3v) is 6.40. The summed E-state index contributed by atoms with van der Waals surface area (Å²) in [6, 6.07) is 6.47. The average Bonchev–Trinajstić information content (AvgIpc) is 3.19. The Bertz CT molecular complexity index is 984. The molecule has 0 spiro atoms. The smallest absolute Gasteiger partial charge is 0.233 e. The molecule has 0 saturated heterocycles. The van der Waals surface area contributed by atoms with Gasteiger partial charge in [0.15, 0.2) is 5.65 Å². The van der Waals surface area contributed by atoms with E-state index in [1.807, 2.05) is 11.8 Å². The summed E-state index contributed by atoms with van der Waals surface area (Å²) in [5.74, 6) is 0.202. The molecule has 0 bridgehead atoms. The van der Waals surface area contributed by atoms with Gasteiger partial charge < -0.3 is 4.90 Å². The number of benzene rings is 1. The topological polar surface area (TPSA) is 63.9 Å². The van der Waals surface area contributed by atoms with Crippen LogP contribution in [0.4, 0.5) is 4.39 Å².